The summed E-state index contributed by atoms with van der Waals surface area (Å²) in [7, 11) is 0. The van der Waals surface area contributed by atoms with Crippen molar-refractivity contribution in [2.24, 2.45) is 0 Å². The molecule has 0 atom stereocenters. The molecule has 0 heterocycles. The van der Waals surface area contributed by atoms with E-state index in [4.69, 9.17) is 9.47 Å². The molecular weight excluding hydrogens is 324 g/mol. The topological polar surface area (TPSA) is 35.5 Å². The van der Waals surface area contributed by atoms with Crippen LogP contribution in [0.15, 0.2) is 12.7 Å². The highest BCUT2D eigenvalue weighted by atomic mass is 16.6. The van der Waals surface area contributed by atoms with E-state index in [1.54, 1.807) is 0 Å². The lowest BCUT2D eigenvalue weighted by Gasteiger charge is -2.29. The highest BCUT2D eigenvalue weighted by Crippen LogP contribution is 2.22. The minimum atomic E-state index is -0.515. The van der Waals surface area contributed by atoms with E-state index in [9.17, 15) is 4.79 Å². The van der Waals surface area contributed by atoms with Gasteiger partial charge in [0.2, 0.25) is 0 Å². The van der Waals surface area contributed by atoms with Gasteiger partial charge in [0.15, 0.2) is 0 Å². The Labute approximate surface area is 162 Å². The van der Waals surface area contributed by atoms with Crippen molar-refractivity contribution >= 4 is 5.97 Å². The van der Waals surface area contributed by atoms with E-state index in [1.165, 1.54) is 70.3 Å². The summed E-state index contributed by atoms with van der Waals surface area (Å²) < 4.78 is 11.4. The molecule has 0 bridgehead atoms. The van der Waals surface area contributed by atoms with E-state index < -0.39 is 5.60 Å². The van der Waals surface area contributed by atoms with Crippen molar-refractivity contribution in [3.63, 3.8) is 0 Å². The molecule has 0 aromatic heterocycles. The molecule has 0 aromatic rings. The Balaban J connectivity index is 3.69. The summed E-state index contributed by atoms with van der Waals surface area (Å²) in [5.74, 6) is -0.375. The lowest BCUT2D eigenvalue weighted by Crippen LogP contribution is -2.32. The molecule has 0 saturated heterocycles. The summed E-state index contributed by atoms with van der Waals surface area (Å²) >= 11 is 0. The molecule has 0 radical (unpaired) electrons. The number of rotatable bonds is 17. The standard InChI is InChI=1S/C23H44O3/c1-7-9-10-11-12-13-14-15-16-17-18-22(3,4)25-20-19-23(5,6)26-21(24)8-2/h8H,2,7,9-20H2,1,3-6H3. The Kier molecular flexibility index (Phi) is 13.8. The fraction of sp³-hybridized carbons (Fsp3) is 0.870. The Morgan fingerprint density at radius 2 is 1.31 bits per heavy atom. The van der Waals surface area contributed by atoms with Gasteiger partial charge in [-0.25, -0.2) is 4.79 Å². The lowest BCUT2D eigenvalue weighted by molar-refractivity contribution is -0.152. The van der Waals surface area contributed by atoms with Gasteiger partial charge in [0.05, 0.1) is 12.2 Å². The van der Waals surface area contributed by atoms with Crippen molar-refractivity contribution in [3.8, 4) is 0 Å². The van der Waals surface area contributed by atoms with Crippen LogP contribution in [0.4, 0.5) is 0 Å². The molecule has 3 nitrogen and oxygen atoms in total. The van der Waals surface area contributed by atoms with Crippen molar-refractivity contribution in [1.29, 1.82) is 0 Å². The molecule has 0 unspecified atom stereocenters. The number of unbranched alkanes of at least 4 members (excludes halogenated alkanes) is 9. The van der Waals surface area contributed by atoms with E-state index in [0.717, 1.165) is 6.42 Å². The molecule has 154 valence electrons. The van der Waals surface area contributed by atoms with Crippen LogP contribution in [0.25, 0.3) is 0 Å². The quantitative estimate of drug-likeness (QED) is 0.158. The monoisotopic (exact) mass is 368 g/mol. The summed E-state index contributed by atoms with van der Waals surface area (Å²) in [5, 5.41) is 0. The maximum Gasteiger partial charge on any atom is 0.330 e. The smallest absolute Gasteiger partial charge is 0.330 e. The second-order valence-electron chi connectivity index (χ2n) is 8.68. The molecular formula is C23H44O3. The largest absolute Gasteiger partial charge is 0.456 e. The Bertz CT molecular complexity index is 372. The van der Waals surface area contributed by atoms with Gasteiger partial charge in [0.1, 0.15) is 5.60 Å². The fourth-order valence-corrected chi connectivity index (χ4v) is 3.05. The van der Waals surface area contributed by atoms with Gasteiger partial charge in [-0.15, -0.1) is 0 Å². The van der Waals surface area contributed by atoms with Gasteiger partial charge in [0, 0.05) is 12.5 Å². The molecule has 0 amide bonds. The average molecular weight is 369 g/mol. The first-order valence-corrected chi connectivity index (χ1v) is 10.7. The van der Waals surface area contributed by atoms with E-state index in [2.05, 4.69) is 27.4 Å². The van der Waals surface area contributed by atoms with E-state index in [1.807, 2.05) is 13.8 Å². The molecule has 0 fully saturated rings. The number of esters is 1. The maximum absolute atomic E-state index is 11.3. The maximum atomic E-state index is 11.3. The van der Waals surface area contributed by atoms with Gasteiger partial charge in [0.25, 0.3) is 0 Å². The van der Waals surface area contributed by atoms with Crippen molar-refractivity contribution in [1.82, 2.24) is 0 Å². The predicted molar refractivity (Wildman–Crippen MR) is 111 cm³/mol. The number of hydrogen-bond acceptors (Lipinski definition) is 3. The molecule has 0 spiro atoms. The van der Waals surface area contributed by atoms with Crippen LogP contribution in [0, 0.1) is 0 Å². The summed E-state index contributed by atoms with van der Waals surface area (Å²) in [6.45, 7) is 14.4. The second kappa shape index (κ2) is 14.3. The van der Waals surface area contributed by atoms with Crippen LogP contribution in [0.1, 0.15) is 112 Å². The highest BCUT2D eigenvalue weighted by Gasteiger charge is 2.24. The third kappa shape index (κ3) is 15.4. The molecule has 3 heteroatoms. The van der Waals surface area contributed by atoms with E-state index >= 15 is 0 Å². The lowest BCUT2D eigenvalue weighted by atomic mass is 9.98. The predicted octanol–water partition coefficient (Wildman–Crippen LogP) is 6.99. The Morgan fingerprint density at radius 1 is 0.808 bits per heavy atom. The van der Waals surface area contributed by atoms with Crippen LogP contribution in [0.3, 0.4) is 0 Å². The SMILES string of the molecule is C=CC(=O)OC(C)(C)CCOC(C)(C)CCCCCCCCCCCC. The first kappa shape index (κ1) is 25.2. The normalized spacial score (nSPS) is 12.2. The van der Waals surface area contributed by atoms with E-state index in [0.29, 0.717) is 13.0 Å². The molecule has 0 aliphatic rings. The zero-order chi connectivity index (χ0) is 19.9. The minimum absolute atomic E-state index is 0.112. The summed E-state index contributed by atoms with van der Waals surface area (Å²) in [6.07, 6.45) is 16.5. The first-order chi connectivity index (χ1) is 12.2. The van der Waals surface area contributed by atoms with Crippen molar-refractivity contribution in [3.05, 3.63) is 12.7 Å². The second-order valence-corrected chi connectivity index (χ2v) is 8.68. The number of carbonyl (C=O) groups excluding carboxylic acids is 1. The summed E-state index contributed by atoms with van der Waals surface area (Å²) in [5.41, 5.74) is -0.628. The van der Waals surface area contributed by atoms with Gasteiger partial charge in [-0.2, -0.15) is 0 Å². The van der Waals surface area contributed by atoms with Crippen LogP contribution >= 0.6 is 0 Å². The van der Waals surface area contributed by atoms with Gasteiger partial charge in [-0.05, 0) is 34.1 Å². The van der Waals surface area contributed by atoms with Crippen LogP contribution in [0.5, 0.6) is 0 Å². The number of ether oxygens (including phenoxy) is 2. The van der Waals surface area contributed by atoms with Crippen LogP contribution in [-0.2, 0) is 14.3 Å². The van der Waals surface area contributed by atoms with E-state index in [-0.39, 0.29) is 11.6 Å². The third-order valence-electron chi connectivity index (χ3n) is 4.87. The van der Waals surface area contributed by atoms with Gasteiger partial charge >= 0.3 is 5.97 Å². The van der Waals surface area contributed by atoms with Gasteiger partial charge in [-0.1, -0.05) is 77.7 Å². The van der Waals surface area contributed by atoms with Crippen molar-refractivity contribution in [2.75, 3.05) is 6.61 Å². The molecule has 0 aliphatic carbocycles. The zero-order valence-corrected chi connectivity index (χ0v) is 18.2. The van der Waals surface area contributed by atoms with Crippen LogP contribution < -0.4 is 0 Å². The highest BCUT2D eigenvalue weighted by molar-refractivity contribution is 5.81. The van der Waals surface area contributed by atoms with Crippen LogP contribution in [-0.4, -0.2) is 23.8 Å². The average Bonchev–Trinajstić information content (AvgIpc) is 2.55. The summed E-state index contributed by atoms with van der Waals surface area (Å²) in [6, 6.07) is 0. The zero-order valence-electron chi connectivity index (χ0n) is 18.2. The molecule has 0 aromatic carbocycles. The van der Waals surface area contributed by atoms with Crippen molar-refractivity contribution in [2.45, 2.75) is 123 Å². The van der Waals surface area contributed by atoms with Gasteiger partial charge in [-0.3, -0.25) is 0 Å². The molecule has 0 N–H and O–H groups in total. The first-order valence-electron chi connectivity index (χ1n) is 10.7. The molecule has 26 heavy (non-hydrogen) atoms. The Morgan fingerprint density at radius 3 is 1.81 bits per heavy atom. The van der Waals surface area contributed by atoms with Crippen molar-refractivity contribution < 1.29 is 14.3 Å². The third-order valence-corrected chi connectivity index (χ3v) is 4.87. The number of hydrogen-bond donors (Lipinski definition) is 0. The summed E-state index contributed by atoms with van der Waals surface area (Å²) in [4.78, 5) is 11.3. The Hall–Kier alpha value is -0.830. The van der Waals surface area contributed by atoms with Crippen LogP contribution in [0.2, 0.25) is 0 Å². The molecule has 0 aliphatic heterocycles. The molecule has 0 saturated carbocycles. The molecule has 0 rings (SSSR count). The minimum Gasteiger partial charge on any atom is -0.456 e. The fourth-order valence-electron chi connectivity index (χ4n) is 3.05. The van der Waals surface area contributed by atoms with Gasteiger partial charge < -0.3 is 9.47 Å². The number of carbonyl (C=O) groups is 1.